The molecule has 0 radical (unpaired) electrons. The largest absolute Gasteiger partial charge is 0.457 e. The fourth-order valence-corrected chi connectivity index (χ4v) is 12.3. The third kappa shape index (κ3) is 11.4. The molecule has 5 aromatic carbocycles. The molecular formula is C58H56N7O8S3+. The van der Waals surface area contributed by atoms with Crippen LogP contribution in [-0.4, -0.2) is 82.7 Å². The van der Waals surface area contributed by atoms with Gasteiger partial charge in [-0.1, -0.05) is 157 Å². The molecule has 1 fully saturated rings. The molecule has 0 saturated carbocycles. The Balaban J connectivity index is 1.06. The van der Waals surface area contributed by atoms with Crippen molar-refractivity contribution in [2.45, 2.75) is 74.0 Å². The molecule has 2 aliphatic rings. The smallest absolute Gasteiger partial charge is 0.359 e. The highest BCUT2D eigenvalue weighted by molar-refractivity contribution is 7.99. The number of thiazole rings is 1. The second kappa shape index (κ2) is 22.6. The minimum absolute atomic E-state index is 0.0421. The van der Waals surface area contributed by atoms with Crippen molar-refractivity contribution in [3.8, 4) is 0 Å². The first kappa shape index (κ1) is 53.0. The van der Waals surface area contributed by atoms with Crippen LogP contribution in [0.2, 0.25) is 0 Å². The van der Waals surface area contributed by atoms with Crippen LogP contribution in [0.3, 0.4) is 0 Å². The lowest BCUT2D eigenvalue weighted by atomic mass is 9.77. The average molecular weight is 1080 g/mol. The minimum atomic E-state index is -1.84. The molecule has 2 aromatic heterocycles. The number of aryl methyl sites for hydroxylation is 1. The van der Waals surface area contributed by atoms with Gasteiger partial charge in [0.05, 0.1) is 29.8 Å². The van der Waals surface area contributed by atoms with Crippen LogP contribution in [0.4, 0.5) is 5.13 Å². The number of β-lactam (4-membered cyclic amide) rings is 1. The Morgan fingerprint density at radius 1 is 0.816 bits per heavy atom. The van der Waals surface area contributed by atoms with Crippen molar-refractivity contribution in [1.82, 2.24) is 20.2 Å². The van der Waals surface area contributed by atoms with Gasteiger partial charge in [0.15, 0.2) is 16.9 Å². The first-order valence-electron chi connectivity index (χ1n) is 24.4. The van der Waals surface area contributed by atoms with Gasteiger partial charge in [0, 0.05) is 17.2 Å². The maximum atomic E-state index is 14.9. The van der Waals surface area contributed by atoms with E-state index in [1.165, 1.54) is 41.8 Å². The van der Waals surface area contributed by atoms with Gasteiger partial charge in [0.2, 0.25) is 5.60 Å². The van der Waals surface area contributed by atoms with Gasteiger partial charge >= 0.3 is 17.1 Å². The van der Waals surface area contributed by atoms with Gasteiger partial charge in [0.1, 0.15) is 40.1 Å². The number of aromatic nitrogens is 3. The maximum absolute atomic E-state index is 14.9. The molecule has 18 heteroatoms. The molecular weight excluding hydrogens is 1020 g/mol. The molecule has 0 spiro atoms. The Kier molecular flexibility index (Phi) is 15.8. The van der Waals surface area contributed by atoms with Crippen LogP contribution < -0.4 is 15.2 Å². The topological polar surface area (TPSA) is 182 Å². The first-order valence-corrected chi connectivity index (χ1v) is 27.7. The van der Waals surface area contributed by atoms with Crippen molar-refractivity contribution in [2.75, 3.05) is 16.8 Å². The Labute approximate surface area is 451 Å². The molecule has 2 amide bonds. The summed E-state index contributed by atoms with van der Waals surface area (Å²) in [5.74, 6) is -3.14. The van der Waals surface area contributed by atoms with E-state index in [0.717, 1.165) is 16.7 Å². The number of hydrogen-bond donors (Lipinski definition) is 2. The number of esters is 2. The molecule has 0 aliphatic carbocycles. The zero-order valence-electron chi connectivity index (χ0n) is 42.6. The average Bonchev–Trinajstić information content (AvgIpc) is 3.95. The third-order valence-corrected chi connectivity index (χ3v) is 16.1. The minimum Gasteiger partial charge on any atom is -0.457 e. The summed E-state index contributed by atoms with van der Waals surface area (Å²) in [6.45, 7) is 8.06. The maximum Gasteiger partial charge on any atom is 0.359 e. The zero-order chi connectivity index (χ0) is 53.6. The monoisotopic (exact) mass is 1070 g/mol. The second-order valence-corrected chi connectivity index (χ2v) is 22.8. The van der Waals surface area contributed by atoms with E-state index < -0.39 is 68.8 Å². The van der Waals surface area contributed by atoms with E-state index >= 15 is 0 Å². The molecule has 1 saturated heterocycles. The molecule has 0 bridgehead atoms. The number of fused-ring (bicyclic) bond motifs is 1. The highest BCUT2D eigenvalue weighted by Gasteiger charge is 2.58. The van der Waals surface area contributed by atoms with Crippen LogP contribution >= 0.6 is 23.1 Å². The van der Waals surface area contributed by atoms with Crippen molar-refractivity contribution in [3.63, 3.8) is 0 Å². The summed E-state index contributed by atoms with van der Waals surface area (Å²) in [6, 6.07) is 48.6. The molecule has 2 aliphatic heterocycles. The SMILES string of the molecule is C[n+]1cccnc1SCC1=C(C(=O)OC(c2ccccc2)c2ccccc2)N2C(=O)[C@@H](NC(=O)/C(=N\OC(C)(C)C(=O)OC(C)(C)C)c3csc(NC(c4ccccc4)(c4ccccc4)c4ccccc4)n3)[C@H]2[S@@](=O)C1. The van der Waals surface area contributed by atoms with E-state index in [2.05, 4.69) is 20.8 Å². The summed E-state index contributed by atoms with van der Waals surface area (Å²) in [6.07, 6.45) is 2.62. The van der Waals surface area contributed by atoms with E-state index in [0.29, 0.717) is 27.0 Å². The number of carbonyl (C=O) groups is 4. The number of hydrogen-bond acceptors (Lipinski definition) is 14. The van der Waals surface area contributed by atoms with E-state index in [-0.39, 0.29) is 28.6 Å². The summed E-state index contributed by atoms with van der Waals surface area (Å²) in [5.41, 5.74) is 0.573. The molecule has 4 heterocycles. The number of nitrogens with one attached hydrogen (secondary N) is 2. The summed E-state index contributed by atoms with van der Waals surface area (Å²) in [4.78, 5) is 74.3. The summed E-state index contributed by atoms with van der Waals surface area (Å²) in [5, 5.41) is 12.2. The van der Waals surface area contributed by atoms with Gasteiger partial charge in [-0.25, -0.2) is 19.1 Å². The summed E-state index contributed by atoms with van der Waals surface area (Å²) < 4.78 is 28.3. The normalized spacial score (nSPS) is 16.8. The number of oxime groups is 1. The number of thioether (sulfide) groups is 1. The number of rotatable bonds is 18. The number of anilines is 1. The van der Waals surface area contributed by atoms with Crippen LogP contribution in [-0.2, 0) is 56.9 Å². The van der Waals surface area contributed by atoms with Crippen LogP contribution in [0, 0.1) is 0 Å². The molecule has 15 nitrogen and oxygen atoms in total. The fraction of sp³-hybridized carbons (Fsp3) is 0.241. The van der Waals surface area contributed by atoms with Crippen molar-refractivity contribution in [2.24, 2.45) is 12.2 Å². The van der Waals surface area contributed by atoms with Gasteiger partial charge in [-0.3, -0.25) is 18.7 Å². The van der Waals surface area contributed by atoms with Crippen LogP contribution in [0.5, 0.6) is 0 Å². The summed E-state index contributed by atoms with van der Waals surface area (Å²) in [7, 11) is -0.000802. The van der Waals surface area contributed by atoms with Crippen molar-refractivity contribution in [1.29, 1.82) is 0 Å². The fourth-order valence-electron chi connectivity index (χ4n) is 8.81. The third-order valence-electron chi connectivity index (χ3n) is 12.5. The van der Waals surface area contributed by atoms with E-state index in [1.54, 1.807) is 38.4 Å². The Morgan fingerprint density at radius 3 is 1.88 bits per heavy atom. The molecule has 0 unspecified atom stereocenters. The molecule has 388 valence electrons. The van der Waals surface area contributed by atoms with Gasteiger partial charge < -0.3 is 24.9 Å². The standard InChI is InChI=1S/C58H55N7O8S3/c1-56(2,3)72-53(69)57(4,5)73-63-45(44-36-74-54(60-44)62-58(41-27-16-9-17-28-41,42-29-18-10-19-30-42)43-31-20-11-21-32-43)49(66)61-46-50(67)65-47(40(37-76(70)51(46)65)35-75-55-59-33-22-34-64(55)6)52(68)71-48(38-23-12-7-13-24-38)39-25-14-8-15-26-39/h7-34,36,46,48,51H,35,37H2,1-6H3,(H-,60,61,62,66)/p+1/b63-45-/t46-,51-,76+/m1/s1. The summed E-state index contributed by atoms with van der Waals surface area (Å²) >= 11 is 2.51. The van der Waals surface area contributed by atoms with E-state index in [9.17, 15) is 23.4 Å². The lowest BCUT2D eigenvalue weighted by Gasteiger charge is -2.49. The number of benzene rings is 5. The lowest BCUT2D eigenvalue weighted by molar-refractivity contribution is -0.713. The number of carbonyl (C=O) groups excluding carboxylic acids is 4. The van der Waals surface area contributed by atoms with Gasteiger partial charge in [0.25, 0.3) is 11.8 Å². The van der Waals surface area contributed by atoms with Crippen LogP contribution in [0.25, 0.3) is 0 Å². The molecule has 7 aromatic rings. The number of nitrogens with zero attached hydrogens (tertiary/aromatic N) is 5. The molecule has 3 atom stereocenters. The van der Waals surface area contributed by atoms with Gasteiger partial charge in [-0.2, -0.15) is 0 Å². The van der Waals surface area contributed by atoms with Crippen molar-refractivity contribution < 1.29 is 42.3 Å². The van der Waals surface area contributed by atoms with E-state index in [4.69, 9.17) is 19.3 Å². The van der Waals surface area contributed by atoms with Gasteiger partial charge in [-0.05, 0) is 84.8 Å². The van der Waals surface area contributed by atoms with E-state index in [1.807, 2.05) is 169 Å². The van der Waals surface area contributed by atoms with Crippen LogP contribution in [0.15, 0.2) is 197 Å². The Hall–Kier alpha value is -7.80. The molecule has 9 rings (SSSR count). The number of ether oxygens (including phenoxy) is 2. The Bertz CT molecular complexity index is 3180. The first-order chi connectivity index (χ1) is 36.5. The molecule has 76 heavy (non-hydrogen) atoms. The highest BCUT2D eigenvalue weighted by Crippen LogP contribution is 2.42. The van der Waals surface area contributed by atoms with Crippen molar-refractivity contribution >= 4 is 68.5 Å². The lowest BCUT2D eigenvalue weighted by Crippen LogP contribution is -2.74. The quantitative estimate of drug-likeness (QED) is 0.0123. The van der Waals surface area contributed by atoms with Gasteiger partial charge in [-0.15, -0.1) is 11.3 Å². The van der Waals surface area contributed by atoms with Crippen molar-refractivity contribution in [3.05, 3.63) is 220 Å². The second-order valence-electron chi connectivity index (χ2n) is 19.5. The number of amides is 2. The zero-order valence-corrected chi connectivity index (χ0v) is 45.1. The predicted octanol–water partition coefficient (Wildman–Crippen LogP) is 8.40. The predicted molar refractivity (Wildman–Crippen MR) is 292 cm³/mol. The highest BCUT2D eigenvalue weighted by atomic mass is 32.2. The Morgan fingerprint density at radius 2 is 1.36 bits per heavy atom. The van der Waals surface area contributed by atoms with Crippen LogP contribution in [0.1, 0.15) is 74.2 Å². The molecule has 2 N–H and O–H groups in total.